The van der Waals surface area contributed by atoms with E-state index in [0.29, 0.717) is 12.0 Å². The minimum absolute atomic E-state index is 0.365. The van der Waals surface area contributed by atoms with E-state index in [2.05, 4.69) is 38.1 Å². The van der Waals surface area contributed by atoms with Crippen molar-refractivity contribution < 1.29 is 0 Å². The van der Waals surface area contributed by atoms with Gasteiger partial charge in [-0.1, -0.05) is 43.2 Å². The van der Waals surface area contributed by atoms with Crippen molar-refractivity contribution in [1.82, 2.24) is 0 Å². The fourth-order valence-electron chi connectivity index (χ4n) is 2.94. The Balaban J connectivity index is 2.17. The van der Waals surface area contributed by atoms with E-state index >= 15 is 0 Å². The SMILES string of the molecule is CCC1CCC(N)C(c2cccc(C)c2)C1. The van der Waals surface area contributed by atoms with E-state index in [1.54, 1.807) is 0 Å². The third-order valence-electron chi connectivity index (χ3n) is 4.06. The predicted molar refractivity (Wildman–Crippen MR) is 69.5 cm³/mol. The molecule has 1 saturated carbocycles. The van der Waals surface area contributed by atoms with Gasteiger partial charge >= 0.3 is 0 Å². The number of benzene rings is 1. The summed E-state index contributed by atoms with van der Waals surface area (Å²) >= 11 is 0. The molecule has 2 N–H and O–H groups in total. The van der Waals surface area contributed by atoms with Crippen LogP contribution in [0.25, 0.3) is 0 Å². The second kappa shape index (κ2) is 5.01. The summed E-state index contributed by atoms with van der Waals surface area (Å²) in [5.74, 6) is 1.46. The Kier molecular flexibility index (Phi) is 3.65. The van der Waals surface area contributed by atoms with Crippen molar-refractivity contribution in [3.05, 3.63) is 35.4 Å². The van der Waals surface area contributed by atoms with Crippen LogP contribution in [0.3, 0.4) is 0 Å². The standard InChI is InChI=1S/C15H23N/c1-3-12-7-8-15(16)14(10-12)13-6-4-5-11(2)9-13/h4-6,9,12,14-15H,3,7-8,10,16H2,1-2H3. The second-order valence-electron chi connectivity index (χ2n) is 5.27. The molecule has 1 nitrogen and oxygen atoms in total. The summed E-state index contributed by atoms with van der Waals surface area (Å²) in [6.07, 6.45) is 5.09. The first kappa shape index (κ1) is 11.7. The maximum atomic E-state index is 6.28. The van der Waals surface area contributed by atoms with Crippen molar-refractivity contribution in [3.8, 4) is 0 Å². The summed E-state index contributed by atoms with van der Waals surface area (Å²) in [6.45, 7) is 4.46. The Bertz CT molecular complexity index is 345. The van der Waals surface area contributed by atoms with Crippen LogP contribution in [0.15, 0.2) is 24.3 Å². The molecule has 0 saturated heterocycles. The Labute approximate surface area is 99.0 Å². The summed E-state index contributed by atoms with van der Waals surface area (Å²) in [6, 6.07) is 9.24. The van der Waals surface area contributed by atoms with Gasteiger partial charge in [0.25, 0.3) is 0 Å². The fourth-order valence-corrected chi connectivity index (χ4v) is 2.94. The van der Waals surface area contributed by atoms with Gasteiger partial charge in [0.05, 0.1) is 0 Å². The summed E-state index contributed by atoms with van der Waals surface area (Å²) < 4.78 is 0. The topological polar surface area (TPSA) is 26.0 Å². The zero-order valence-electron chi connectivity index (χ0n) is 10.4. The van der Waals surface area contributed by atoms with Gasteiger partial charge < -0.3 is 5.73 Å². The van der Waals surface area contributed by atoms with Gasteiger partial charge in [-0.2, -0.15) is 0 Å². The molecule has 16 heavy (non-hydrogen) atoms. The molecule has 0 aliphatic heterocycles. The van der Waals surface area contributed by atoms with Gasteiger partial charge in [0.15, 0.2) is 0 Å². The Morgan fingerprint density at radius 3 is 2.81 bits per heavy atom. The first-order valence-corrected chi connectivity index (χ1v) is 6.53. The molecule has 3 unspecified atom stereocenters. The number of aryl methyl sites for hydroxylation is 1. The van der Waals surface area contributed by atoms with Crippen molar-refractivity contribution in [2.45, 2.75) is 51.5 Å². The Hall–Kier alpha value is -0.820. The highest BCUT2D eigenvalue weighted by atomic mass is 14.7. The van der Waals surface area contributed by atoms with Crippen LogP contribution in [0.4, 0.5) is 0 Å². The molecule has 0 bridgehead atoms. The zero-order valence-corrected chi connectivity index (χ0v) is 10.4. The molecular weight excluding hydrogens is 194 g/mol. The minimum Gasteiger partial charge on any atom is -0.327 e. The first-order chi connectivity index (χ1) is 7.70. The van der Waals surface area contributed by atoms with Crippen LogP contribution in [0.2, 0.25) is 0 Å². The van der Waals surface area contributed by atoms with Gasteiger partial charge in [0.2, 0.25) is 0 Å². The normalized spacial score (nSPS) is 30.3. The highest BCUT2D eigenvalue weighted by molar-refractivity contribution is 5.27. The monoisotopic (exact) mass is 217 g/mol. The van der Waals surface area contributed by atoms with Gasteiger partial charge in [-0.25, -0.2) is 0 Å². The number of rotatable bonds is 2. The van der Waals surface area contributed by atoms with E-state index in [0.717, 1.165) is 5.92 Å². The van der Waals surface area contributed by atoms with Gasteiger partial charge in [-0.15, -0.1) is 0 Å². The molecule has 0 amide bonds. The van der Waals surface area contributed by atoms with E-state index in [1.807, 2.05) is 0 Å². The van der Waals surface area contributed by atoms with Crippen LogP contribution in [0.1, 0.15) is 49.7 Å². The maximum Gasteiger partial charge on any atom is 0.0108 e. The van der Waals surface area contributed by atoms with Crippen LogP contribution in [0, 0.1) is 12.8 Å². The average molecular weight is 217 g/mol. The molecule has 1 aromatic carbocycles. The van der Waals surface area contributed by atoms with Crippen molar-refractivity contribution in [3.63, 3.8) is 0 Å². The Morgan fingerprint density at radius 1 is 1.31 bits per heavy atom. The van der Waals surface area contributed by atoms with Crippen molar-refractivity contribution >= 4 is 0 Å². The molecule has 1 fully saturated rings. The first-order valence-electron chi connectivity index (χ1n) is 6.53. The maximum absolute atomic E-state index is 6.28. The molecule has 1 aliphatic rings. The van der Waals surface area contributed by atoms with E-state index < -0.39 is 0 Å². The van der Waals surface area contributed by atoms with Crippen molar-refractivity contribution in [2.24, 2.45) is 11.7 Å². The lowest BCUT2D eigenvalue weighted by Gasteiger charge is -2.34. The molecule has 1 heteroatoms. The molecule has 1 aliphatic carbocycles. The lowest BCUT2D eigenvalue weighted by Crippen LogP contribution is -2.34. The van der Waals surface area contributed by atoms with Crippen molar-refractivity contribution in [1.29, 1.82) is 0 Å². The van der Waals surface area contributed by atoms with E-state index in [9.17, 15) is 0 Å². The van der Waals surface area contributed by atoms with E-state index in [1.165, 1.54) is 36.8 Å². The fraction of sp³-hybridized carbons (Fsp3) is 0.600. The number of nitrogens with two attached hydrogens (primary N) is 1. The summed E-state index contributed by atoms with van der Waals surface area (Å²) in [7, 11) is 0. The molecule has 3 atom stereocenters. The molecule has 0 spiro atoms. The summed E-state index contributed by atoms with van der Waals surface area (Å²) in [4.78, 5) is 0. The van der Waals surface area contributed by atoms with E-state index in [4.69, 9.17) is 5.73 Å². The second-order valence-corrected chi connectivity index (χ2v) is 5.27. The van der Waals surface area contributed by atoms with Gasteiger partial charge in [0.1, 0.15) is 0 Å². The zero-order chi connectivity index (χ0) is 11.5. The molecular formula is C15H23N. The summed E-state index contributed by atoms with van der Waals surface area (Å²) in [5, 5.41) is 0. The number of hydrogen-bond donors (Lipinski definition) is 1. The number of hydrogen-bond acceptors (Lipinski definition) is 1. The van der Waals surface area contributed by atoms with Gasteiger partial charge in [-0.3, -0.25) is 0 Å². The molecule has 1 aromatic rings. The van der Waals surface area contributed by atoms with Gasteiger partial charge in [-0.05, 0) is 43.6 Å². The van der Waals surface area contributed by atoms with Crippen LogP contribution < -0.4 is 5.73 Å². The van der Waals surface area contributed by atoms with Crippen LogP contribution in [0.5, 0.6) is 0 Å². The molecule has 0 heterocycles. The highest BCUT2D eigenvalue weighted by Crippen LogP contribution is 2.36. The third-order valence-corrected chi connectivity index (χ3v) is 4.06. The van der Waals surface area contributed by atoms with Crippen LogP contribution in [-0.2, 0) is 0 Å². The summed E-state index contributed by atoms with van der Waals surface area (Å²) in [5.41, 5.74) is 9.08. The molecule has 0 radical (unpaired) electrons. The third kappa shape index (κ3) is 2.46. The van der Waals surface area contributed by atoms with E-state index in [-0.39, 0.29) is 0 Å². The lowest BCUT2D eigenvalue weighted by atomic mass is 9.74. The minimum atomic E-state index is 0.365. The van der Waals surface area contributed by atoms with Crippen LogP contribution >= 0.6 is 0 Å². The Morgan fingerprint density at radius 2 is 2.12 bits per heavy atom. The predicted octanol–water partition coefficient (Wildman–Crippen LogP) is 3.62. The quantitative estimate of drug-likeness (QED) is 0.804. The van der Waals surface area contributed by atoms with Gasteiger partial charge in [0, 0.05) is 6.04 Å². The highest BCUT2D eigenvalue weighted by Gasteiger charge is 2.28. The molecule has 88 valence electrons. The van der Waals surface area contributed by atoms with Crippen LogP contribution in [-0.4, -0.2) is 6.04 Å². The molecule has 2 rings (SSSR count). The lowest BCUT2D eigenvalue weighted by molar-refractivity contribution is 0.282. The molecule has 0 aromatic heterocycles. The largest absolute Gasteiger partial charge is 0.327 e. The smallest absolute Gasteiger partial charge is 0.0108 e. The van der Waals surface area contributed by atoms with Crippen molar-refractivity contribution in [2.75, 3.05) is 0 Å². The average Bonchev–Trinajstić information content (AvgIpc) is 2.30.